The van der Waals surface area contributed by atoms with Crippen molar-refractivity contribution < 1.29 is 4.74 Å². The predicted octanol–water partition coefficient (Wildman–Crippen LogP) is 2.97. The molecule has 90 valence electrons. The van der Waals surface area contributed by atoms with E-state index in [4.69, 9.17) is 4.74 Å². The molecule has 0 spiro atoms. The molecule has 1 saturated heterocycles. The van der Waals surface area contributed by atoms with E-state index in [1.807, 2.05) is 0 Å². The van der Waals surface area contributed by atoms with Crippen molar-refractivity contribution in [3.05, 3.63) is 0 Å². The minimum atomic E-state index is 0.399. The van der Waals surface area contributed by atoms with Crippen LogP contribution in [-0.4, -0.2) is 25.3 Å². The van der Waals surface area contributed by atoms with Crippen LogP contribution in [0.5, 0.6) is 0 Å². The maximum atomic E-state index is 5.71. The van der Waals surface area contributed by atoms with Gasteiger partial charge in [0, 0.05) is 12.6 Å². The van der Waals surface area contributed by atoms with Crippen LogP contribution >= 0.6 is 0 Å². The van der Waals surface area contributed by atoms with E-state index in [2.05, 4.69) is 33.0 Å². The monoisotopic (exact) mass is 213 g/mol. The van der Waals surface area contributed by atoms with Crippen LogP contribution < -0.4 is 5.32 Å². The second kappa shape index (κ2) is 5.86. The molecule has 0 saturated carbocycles. The Balaban J connectivity index is 2.29. The fraction of sp³-hybridized carbons (Fsp3) is 1.00. The zero-order chi connectivity index (χ0) is 11.3. The molecule has 1 heterocycles. The Bertz CT molecular complexity index is 173. The third-order valence-electron chi connectivity index (χ3n) is 3.22. The van der Waals surface area contributed by atoms with Crippen molar-refractivity contribution in [2.24, 2.45) is 5.41 Å². The number of rotatable bonds is 6. The third kappa shape index (κ3) is 4.98. The molecule has 1 fully saturated rings. The lowest BCUT2D eigenvalue weighted by atomic mass is 9.80. The fourth-order valence-electron chi connectivity index (χ4n) is 2.75. The molecule has 0 aromatic heterocycles. The molecule has 0 aromatic carbocycles. The summed E-state index contributed by atoms with van der Waals surface area (Å²) in [6.45, 7) is 11.2. The maximum Gasteiger partial charge on any atom is 0.0581 e. The molecule has 0 radical (unpaired) electrons. The first-order valence-electron chi connectivity index (χ1n) is 6.38. The van der Waals surface area contributed by atoms with E-state index < -0.39 is 0 Å². The van der Waals surface area contributed by atoms with Crippen LogP contribution in [0.1, 0.15) is 53.4 Å². The van der Waals surface area contributed by atoms with Crippen LogP contribution in [0.4, 0.5) is 0 Å². The molecule has 15 heavy (non-hydrogen) atoms. The molecule has 1 rings (SSSR count). The van der Waals surface area contributed by atoms with Crippen LogP contribution in [0.3, 0.4) is 0 Å². The van der Waals surface area contributed by atoms with Gasteiger partial charge in [-0.3, -0.25) is 0 Å². The summed E-state index contributed by atoms with van der Waals surface area (Å²) < 4.78 is 5.71. The van der Waals surface area contributed by atoms with Crippen molar-refractivity contribution >= 4 is 0 Å². The zero-order valence-corrected chi connectivity index (χ0v) is 10.8. The lowest BCUT2D eigenvalue weighted by Gasteiger charge is -2.30. The van der Waals surface area contributed by atoms with Crippen molar-refractivity contribution in [1.29, 1.82) is 0 Å². The van der Waals surface area contributed by atoms with E-state index in [1.54, 1.807) is 0 Å². The Hall–Kier alpha value is -0.0800. The highest BCUT2D eigenvalue weighted by Gasteiger charge is 2.27. The normalized spacial score (nSPS) is 24.4. The molecule has 0 aliphatic carbocycles. The first kappa shape index (κ1) is 13.0. The third-order valence-corrected chi connectivity index (χ3v) is 3.22. The smallest absolute Gasteiger partial charge is 0.0581 e. The largest absolute Gasteiger partial charge is 0.378 e. The van der Waals surface area contributed by atoms with Crippen molar-refractivity contribution in [1.82, 2.24) is 5.32 Å². The molecular formula is C13H27NO. The number of hydrogen-bond donors (Lipinski definition) is 1. The summed E-state index contributed by atoms with van der Waals surface area (Å²) in [7, 11) is 0. The van der Waals surface area contributed by atoms with Crippen LogP contribution in [-0.2, 0) is 4.74 Å². The quantitative estimate of drug-likeness (QED) is 0.732. The molecule has 0 bridgehead atoms. The maximum absolute atomic E-state index is 5.71. The molecule has 1 N–H and O–H groups in total. The van der Waals surface area contributed by atoms with E-state index in [1.165, 1.54) is 25.7 Å². The van der Waals surface area contributed by atoms with Gasteiger partial charge in [-0.25, -0.2) is 0 Å². The second-order valence-corrected chi connectivity index (χ2v) is 5.67. The molecule has 2 unspecified atom stereocenters. The minimum absolute atomic E-state index is 0.399. The Morgan fingerprint density at radius 2 is 2.20 bits per heavy atom. The summed E-state index contributed by atoms with van der Waals surface area (Å²) in [6, 6.07) is 0.617. The van der Waals surface area contributed by atoms with Gasteiger partial charge in [0.15, 0.2) is 0 Å². The molecule has 2 nitrogen and oxygen atoms in total. The Morgan fingerprint density at radius 3 is 2.73 bits per heavy atom. The highest BCUT2D eigenvalue weighted by molar-refractivity contribution is 4.80. The summed E-state index contributed by atoms with van der Waals surface area (Å²) >= 11 is 0. The number of hydrogen-bond acceptors (Lipinski definition) is 2. The minimum Gasteiger partial charge on any atom is -0.378 e. The molecule has 2 atom stereocenters. The molecule has 1 aliphatic heterocycles. The van der Waals surface area contributed by atoms with Crippen LogP contribution in [0.2, 0.25) is 0 Å². The van der Waals surface area contributed by atoms with Gasteiger partial charge in [0.25, 0.3) is 0 Å². The van der Waals surface area contributed by atoms with Gasteiger partial charge in [-0.15, -0.1) is 0 Å². The topological polar surface area (TPSA) is 21.3 Å². The summed E-state index contributed by atoms with van der Waals surface area (Å²) in [4.78, 5) is 0. The average Bonchev–Trinajstić information content (AvgIpc) is 2.54. The molecular weight excluding hydrogens is 186 g/mol. The SMILES string of the molecule is CCNC(C)CC(C)(C)CC1CCCO1. The summed E-state index contributed by atoms with van der Waals surface area (Å²) in [5, 5.41) is 3.49. The molecule has 0 amide bonds. The highest BCUT2D eigenvalue weighted by Crippen LogP contribution is 2.32. The molecule has 0 aromatic rings. The molecule has 2 heteroatoms. The predicted molar refractivity (Wildman–Crippen MR) is 65.1 cm³/mol. The van der Waals surface area contributed by atoms with E-state index in [9.17, 15) is 0 Å². The van der Waals surface area contributed by atoms with Gasteiger partial charge in [-0.1, -0.05) is 20.8 Å². The van der Waals surface area contributed by atoms with E-state index in [0.717, 1.165) is 13.2 Å². The first-order valence-corrected chi connectivity index (χ1v) is 6.38. The van der Waals surface area contributed by atoms with Crippen LogP contribution in [0.25, 0.3) is 0 Å². The Kier molecular flexibility index (Phi) is 5.07. The van der Waals surface area contributed by atoms with Gasteiger partial charge in [0.1, 0.15) is 0 Å². The molecule has 1 aliphatic rings. The van der Waals surface area contributed by atoms with Crippen molar-refractivity contribution in [2.45, 2.75) is 65.5 Å². The Morgan fingerprint density at radius 1 is 1.47 bits per heavy atom. The second-order valence-electron chi connectivity index (χ2n) is 5.67. The van der Waals surface area contributed by atoms with Gasteiger partial charge in [-0.05, 0) is 44.6 Å². The number of nitrogens with one attached hydrogen (secondary N) is 1. The zero-order valence-electron chi connectivity index (χ0n) is 10.8. The van der Waals surface area contributed by atoms with Gasteiger partial charge >= 0.3 is 0 Å². The highest BCUT2D eigenvalue weighted by atomic mass is 16.5. The van der Waals surface area contributed by atoms with E-state index in [-0.39, 0.29) is 0 Å². The van der Waals surface area contributed by atoms with Gasteiger partial charge in [-0.2, -0.15) is 0 Å². The summed E-state index contributed by atoms with van der Waals surface area (Å²) in [6.07, 6.45) is 5.49. The van der Waals surface area contributed by atoms with E-state index >= 15 is 0 Å². The lowest BCUT2D eigenvalue weighted by Crippen LogP contribution is -2.32. The van der Waals surface area contributed by atoms with Gasteiger partial charge in [0.2, 0.25) is 0 Å². The fourth-order valence-corrected chi connectivity index (χ4v) is 2.75. The van der Waals surface area contributed by atoms with Crippen molar-refractivity contribution in [3.8, 4) is 0 Å². The van der Waals surface area contributed by atoms with Crippen molar-refractivity contribution in [3.63, 3.8) is 0 Å². The van der Waals surface area contributed by atoms with E-state index in [0.29, 0.717) is 17.6 Å². The number of ether oxygens (including phenoxy) is 1. The van der Waals surface area contributed by atoms with Gasteiger partial charge in [0.05, 0.1) is 6.10 Å². The van der Waals surface area contributed by atoms with Crippen LogP contribution in [0, 0.1) is 5.41 Å². The first-order chi connectivity index (χ1) is 7.03. The summed E-state index contributed by atoms with van der Waals surface area (Å²) in [5.41, 5.74) is 0.399. The average molecular weight is 213 g/mol. The van der Waals surface area contributed by atoms with Crippen molar-refractivity contribution in [2.75, 3.05) is 13.2 Å². The van der Waals surface area contributed by atoms with Crippen LogP contribution in [0.15, 0.2) is 0 Å². The summed E-state index contributed by atoms with van der Waals surface area (Å²) in [5.74, 6) is 0. The lowest BCUT2D eigenvalue weighted by molar-refractivity contribution is 0.0661. The standard InChI is InChI=1S/C13H27NO/c1-5-14-11(2)9-13(3,4)10-12-7-6-8-15-12/h11-12,14H,5-10H2,1-4H3. The van der Waals surface area contributed by atoms with Gasteiger partial charge < -0.3 is 10.1 Å². The Labute approximate surface area is 94.8 Å².